The van der Waals surface area contributed by atoms with Gasteiger partial charge < -0.3 is 4.42 Å². The number of nitrogens with zero attached hydrogens (tertiary/aromatic N) is 1. The molecule has 1 aromatic heterocycles. The van der Waals surface area contributed by atoms with Crippen molar-refractivity contribution in [2.24, 2.45) is 5.84 Å². The van der Waals surface area contributed by atoms with Gasteiger partial charge in [0.1, 0.15) is 11.5 Å². The van der Waals surface area contributed by atoms with Crippen LogP contribution in [0.4, 0.5) is 0 Å². The van der Waals surface area contributed by atoms with Crippen molar-refractivity contribution in [2.45, 2.75) is 13.5 Å². The van der Waals surface area contributed by atoms with Gasteiger partial charge in [-0.25, -0.2) is 5.84 Å². The minimum absolute atomic E-state index is 0.212. The second-order valence-electron chi connectivity index (χ2n) is 3.25. The lowest BCUT2D eigenvalue weighted by molar-refractivity contribution is -0.122. The van der Waals surface area contributed by atoms with Gasteiger partial charge in [-0.1, -0.05) is 0 Å². The van der Waals surface area contributed by atoms with Gasteiger partial charge in [0, 0.05) is 0 Å². The molecule has 0 atom stereocenters. The topological polar surface area (TPSA) is 71.5 Å². The van der Waals surface area contributed by atoms with Gasteiger partial charge in [-0.05, 0) is 26.1 Å². The number of furan rings is 1. The fourth-order valence-electron chi connectivity index (χ4n) is 1.18. The number of hydrogen-bond acceptors (Lipinski definition) is 4. The first-order valence-corrected chi connectivity index (χ1v) is 4.35. The third-order valence-electron chi connectivity index (χ3n) is 1.80. The lowest BCUT2D eigenvalue weighted by Crippen LogP contribution is -2.38. The number of carbonyl (C=O) groups is 1. The molecule has 0 fully saturated rings. The molecule has 0 saturated heterocycles. The number of amides is 1. The van der Waals surface area contributed by atoms with Crippen LogP contribution in [0.3, 0.4) is 0 Å². The number of rotatable bonds is 4. The summed E-state index contributed by atoms with van der Waals surface area (Å²) in [5.41, 5.74) is 2.08. The van der Waals surface area contributed by atoms with Crippen molar-refractivity contribution < 1.29 is 9.21 Å². The SMILES string of the molecule is Cc1ccc(CN(C)CC(=O)NN)o1. The fraction of sp³-hybridized carbons (Fsp3) is 0.444. The molecule has 0 radical (unpaired) electrons. The molecule has 0 aromatic carbocycles. The second-order valence-corrected chi connectivity index (χ2v) is 3.25. The molecule has 1 rings (SSSR count). The van der Waals surface area contributed by atoms with Gasteiger partial charge in [0.15, 0.2) is 0 Å². The largest absolute Gasteiger partial charge is 0.465 e. The number of carbonyl (C=O) groups excluding carboxylic acids is 1. The first kappa shape index (κ1) is 10.7. The summed E-state index contributed by atoms with van der Waals surface area (Å²) in [6.45, 7) is 2.74. The molecule has 0 aliphatic carbocycles. The monoisotopic (exact) mass is 197 g/mol. The van der Waals surface area contributed by atoms with E-state index in [2.05, 4.69) is 5.43 Å². The molecular formula is C9H15N3O2. The summed E-state index contributed by atoms with van der Waals surface area (Å²) >= 11 is 0. The average Bonchev–Trinajstić information content (AvgIpc) is 2.50. The van der Waals surface area contributed by atoms with Crippen molar-refractivity contribution in [3.8, 4) is 0 Å². The Morgan fingerprint density at radius 3 is 2.86 bits per heavy atom. The summed E-state index contributed by atoms with van der Waals surface area (Å²) < 4.78 is 5.36. The Bertz CT molecular complexity index is 309. The van der Waals surface area contributed by atoms with Crippen LogP contribution in [0, 0.1) is 6.92 Å². The summed E-state index contributed by atoms with van der Waals surface area (Å²) in [4.78, 5) is 12.7. The van der Waals surface area contributed by atoms with Crippen LogP contribution >= 0.6 is 0 Å². The highest BCUT2D eigenvalue weighted by molar-refractivity contribution is 5.77. The highest BCUT2D eigenvalue weighted by Crippen LogP contribution is 2.07. The first-order valence-electron chi connectivity index (χ1n) is 4.35. The third kappa shape index (κ3) is 3.20. The van der Waals surface area contributed by atoms with Gasteiger partial charge in [-0.3, -0.25) is 15.1 Å². The van der Waals surface area contributed by atoms with Crippen LogP contribution in [0.15, 0.2) is 16.5 Å². The van der Waals surface area contributed by atoms with Gasteiger partial charge in [0.05, 0.1) is 13.1 Å². The number of nitrogens with one attached hydrogen (secondary N) is 1. The molecule has 1 heterocycles. The third-order valence-corrected chi connectivity index (χ3v) is 1.80. The van der Waals surface area contributed by atoms with Crippen LogP contribution < -0.4 is 11.3 Å². The van der Waals surface area contributed by atoms with Crippen LogP contribution in [0.25, 0.3) is 0 Å². The Hall–Kier alpha value is -1.33. The van der Waals surface area contributed by atoms with Crippen LogP contribution in [-0.2, 0) is 11.3 Å². The molecule has 3 N–H and O–H groups in total. The number of aryl methyl sites for hydroxylation is 1. The fourth-order valence-corrected chi connectivity index (χ4v) is 1.18. The van der Waals surface area contributed by atoms with Crippen molar-refractivity contribution >= 4 is 5.91 Å². The maximum absolute atomic E-state index is 10.9. The molecule has 0 spiro atoms. The molecule has 5 nitrogen and oxygen atoms in total. The summed E-state index contributed by atoms with van der Waals surface area (Å²) in [6, 6.07) is 3.79. The van der Waals surface area contributed by atoms with Crippen molar-refractivity contribution in [3.63, 3.8) is 0 Å². The Kier molecular flexibility index (Phi) is 3.67. The molecule has 0 aliphatic rings. The van der Waals surface area contributed by atoms with Gasteiger partial charge >= 0.3 is 0 Å². The van der Waals surface area contributed by atoms with E-state index in [-0.39, 0.29) is 12.5 Å². The number of hydrogen-bond donors (Lipinski definition) is 2. The van der Waals surface area contributed by atoms with E-state index >= 15 is 0 Å². The van der Waals surface area contributed by atoms with Crippen molar-refractivity contribution in [2.75, 3.05) is 13.6 Å². The van der Waals surface area contributed by atoms with Crippen LogP contribution in [-0.4, -0.2) is 24.4 Å². The summed E-state index contributed by atoms with van der Waals surface area (Å²) in [5.74, 6) is 6.47. The Balaban J connectivity index is 2.41. The van der Waals surface area contributed by atoms with Crippen molar-refractivity contribution in [1.82, 2.24) is 10.3 Å². The van der Waals surface area contributed by atoms with Gasteiger partial charge in [0.25, 0.3) is 0 Å². The van der Waals surface area contributed by atoms with E-state index in [9.17, 15) is 4.79 Å². The number of hydrazine groups is 1. The molecule has 0 saturated carbocycles. The van der Waals surface area contributed by atoms with E-state index < -0.39 is 0 Å². The molecule has 0 bridgehead atoms. The van der Waals surface area contributed by atoms with Crippen molar-refractivity contribution in [1.29, 1.82) is 0 Å². The highest BCUT2D eigenvalue weighted by Gasteiger charge is 2.07. The van der Waals surface area contributed by atoms with Gasteiger partial charge in [0.2, 0.25) is 5.91 Å². The van der Waals surface area contributed by atoms with Gasteiger partial charge in [-0.15, -0.1) is 0 Å². The lowest BCUT2D eigenvalue weighted by atomic mass is 10.4. The van der Waals surface area contributed by atoms with Crippen LogP contribution in [0.5, 0.6) is 0 Å². The maximum atomic E-state index is 10.9. The Morgan fingerprint density at radius 2 is 2.36 bits per heavy atom. The molecule has 1 aromatic rings. The van der Waals surface area contributed by atoms with Crippen LogP contribution in [0.2, 0.25) is 0 Å². The quantitative estimate of drug-likeness (QED) is 0.405. The number of likely N-dealkylation sites (N-methyl/N-ethyl adjacent to an activating group) is 1. The molecule has 0 aliphatic heterocycles. The molecule has 0 unspecified atom stereocenters. The lowest BCUT2D eigenvalue weighted by Gasteiger charge is -2.13. The van der Waals surface area contributed by atoms with E-state index in [0.29, 0.717) is 6.54 Å². The molecule has 5 heteroatoms. The van der Waals surface area contributed by atoms with Gasteiger partial charge in [-0.2, -0.15) is 0 Å². The summed E-state index contributed by atoms with van der Waals surface area (Å²) in [7, 11) is 1.83. The zero-order valence-corrected chi connectivity index (χ0v) is 8.41. The minimum Gasteiger partial charge on any atom is -0.465 e. The van der Waals surface area contributed by atoms with E-state index in [1.165, 1.54) is 0 Å². The van der Waals surface area contributed by atoms with E-state index in [1.807, 2.05) is 31.0 Å². The molecule has 78 valence electrons. The summed E-state index contributed by atoms with van der Waals surface area (Å²) in [6.07, 6.45) is 0. The summed E-state index contributed by atoms with van der Waals surface area (Å²) in [5, 5.41) is 0. The minimum atomic E-state index is -0.212. The zero-order chi connectivity index (χ0) is 10.6. The van der Waals surface area contributed by atoms with E-state index in [0.717, 1.165) is 11.5 Å². The van der Waals surface area contributed by atoms with Crippen molar-refractivity contribution in [3.05, 3.63) is 23.7 Å². The highest BCUT2D eigenvalue weighted by atomic mass is 16.3. The first-order chi connectivity index (χ1) is 6.61. The van der Waals surface area contributed by atoms with E-state index in [4.69, 9.17) is 10.3 Å². The van der Waals surface area contributed by atoms with E-state index in [1.54, 1.807) is 0 Å². The molecule has 1 amide bonds. The normalized spacial score (nSPS) is 10.6. The second kappa shape index (κ2) is 4.78. The molecular weight excluding hydrogens is 182 g/mol. The molecule has 14 heavy (non-hydrogen) atoms. The zero-order valence-electron chi connectivity index (χ0n) is 8.41. The predicted molar refractivity (Wildman–Crippen MR) is 52.1 cm³/mol. The average molecular weight is 197 g/mol. The standard InChI is InChI=1S/C9H15N3O2/c1-7-3-4-8(14-7)5-12(2)6-9(13)11-10/h3-4H,5-6,10H2,1-2H3,(H,11,13). The number of nitrogens with two attached hydrogens (primary N) is 1. The van der Waals surface area contributed by atoms with Crippen LogP contribution in [0.1, 0.15) is 11.5 Å². The maximum Gasteiger partial charge on any atom is 0.248 e. The Labute approximate surface area is 82.8 Å². The predicted octanol–water partition coefficient (Wildman–Crippen LogP) is 0.00972. The smallest absolute Gasteiger partial charge is 0.248 e. The Morgan fingerprint density at radius 1 is 1.64 bits per heavy atom.